The molecule has 2 heteroatoms. The third kappa shape index (κ3) is 3.04. The highest BCUT2D eigenvalue weighted by molar-refractivity contribution is 5.46. The van der Waals surface area contributed by atoms with Gasteiger partial charge < -0.3 is 9.64 Å². The molecule has 1 aromatic rings. The van der Waals surface area contributed by atoms with E-state index in [4.69, 9.17) is 4.74 Å². The van der Waals surface area contributed by atoms with Gasteiger partial charge in [0.15, 0.2) is 0 Å². The van der Waals surface area contributed by atoms with E-state index in [1.807, 2.05) is 7.05 Å². The summed E-state index contributed by atoms with van der Waals surface area (Å²) < 4.78 is 5.06. The van der Waals surface area contributed by atoms with Crippen molar-refractivity contribution in [3.63, 3.8) is 0 Å². The highest BCUT2D eigenvalue weighted by Gasteiger charge is 1.98. The SMILES string of the molecule is CCCc1ccc(N(C)COC)cc1. The van der Waals surface area contributed by atoms with Crippen molar-refractivity contribution in [2.24, 2.45) is 0 Å². The average Bonchev–Trinajstić information content (AvgIpc) is 2.20. The minimum atomic E-state index is 0.632. The molecule has 0 aliphatic carbocycles. The minimum absolute atomic E-state index is 0.632. The Kier molecular flexibility index (Phi) is 4.47. The lowest BCUT2D eigenvalue weighted by Crippen LogP contribution is -2.19. The quantitative estimate of drug-likeness (QED) is 0.667. The molecule has 0 saturated heterocycles. The van der Waals surface area contributed by atoms with Gasteiger partial charge in [-0.2, -0.15) is 0 Å². The van der Waals surface area contributed by atoms with Gasteiger partial charge in [-0.25, -0.2) is 0 Å². The first-order valence-electron chi connectivity index (χ1n) is 5.07. The Labute approximate surface area is 86.5 Å². The number of nitrogens with zero attached hydrogens (tertiary/aromatic N) is 1. The topological polar surface area (TPSA) is 12.5 Å². The summed E-state index contributed by atoms with van der Waals surface area (Å²) >= 11 is 0. The number of hydrogen-bond acceptors (Lipinski definition) is 2. The summed E-state index contributed by atoms with van der Waals surface area (Å²) in [6.07, 6.45) is 2.36. The zero-order valence-corrected chi connectivity index (χ0v) is 9.29. The lowest BCUT2D eigenvalue weighted by molar-refractivity contribution is 0.202. The zero-order valence-electron chi connectivity index (χ0n) is 9.29. The fourth-order valence-electron chi connectivity index (χ4n) is 1.47. The highest BCUT2D eigenvalue weighted by atomic mass is 16.5. The molecule has 0 heterocycles. The van der Waals surface area contributed by atoms with Gasteiger partial charge in [-0.15, -0.1) is 0 Å². The van der Waals surface area contributed by atoms with Crippen LogP contribution in [0, 0.1) is 0 Å². The summed E-state index contributed by atoms with van der Waals surface area (Å²) in [7, 11) is 3.74. The molecule has 0 aliphatic rings. The van der Waals surface area contributed by atoms with Crippen LogP contribution in [0.15, 0.2) is 24.3 Å². The van der Waals surface area contributed by atoms with E-state index in [1.165, 1.54) is 17.7 Å². The summed E-state index contributed by atoms with van der Waals surface area (Å²) in [5, 5.41) is 0. The van der Waals surface area contributed by atoms with Crippen molar-refractivity contribution in [2.75, 3.05) is 25.8 Å². The van der Waals surface area contributed by atoms with Crippen molar-refractivity contribution in [1.82, 2.24) is 0 Å². The maximum atomic E-state index is 5.06. The number of aryl methyl sites for hydroxylation is 1. The smallest absolute Gasteiger partial charge is 0.118 e. The summed E-state index contributed by atoms with van der Waals surface area (Å²) in [6.45, 7) is 2.83. The van der Waals surface area contributed by atoms with Crippen molar-refractivity contribution in [3.8, 4) is 0 Å². The molecule has 78 valence electrons. The van der Waals surface area contributed by atoms with Gasteiger partial charge in [0.1, 0.15) is 6.73 Å². The second-order valence-electron chi connectivity index (χ2n) is 3.53. The number of ether oxygens (including phenoxy) is 1. The van der Waals surface area contributed by atoms with E-state index < -0.39 is 0 Å². The van der Waals surface area contributed by atoms with E-state index >= 15 is 0 Å². The lowest BCUT2D eigenvalue weighted by Gasteiger charge is -2.18. The van der Waals surface area contributed by atoms with Crippen LogP contribution in [0.5, 0.6) is 0 Å². The molecule has 1 aromatic carbocycles. The third-order valence-corrected chi connectivity index (χ3v) is 2.24. The molecular formula is C12H19NO. The van der Waals surface area contributed by atoms with Gasteiger partial charge in [-0.3, -0.25) is 0 Å². The van der Waals surface area contributed by atoms with Crippen molar-refractivity contribution >= 4 is 5.69 Å². The van der Waals surface area contributed by atoms with Crippen LogP contribution in [-0.4, -0.2) is 20.9 Å². The number of rotatable bonds is 5. The first-order chi connectivity index (χ1) is 6.77. The first kappa shape index (κ1) is 11.1. The molecule has 14 heavy (non-hydrogen) atoms. The number of methoxy groups -OCH3 is 1. The van der Waals surface area contributed by atoms with Crippen LogP contribution in [0.3, 0.4) is 0 Å². The van der Waals surface area contributed by atoms with Crippen LogP contribution in [0.25, 0.3) is 0 Å². The standard InChI is InChI=1S/C12H19NO/c1-4-5-11-6-8-12(9-7-11)13(2)10-14-3/h6-9H,4-5,10H2,1-3H3. The molecule has 0 spiro atoms. The highest BCUT2D eigenvalue weighted by Crippen LogP contribution is 2.14. The number of hydrogen-bond donors (Lipinski definition) is 0. The van der Waals surface area contributed by atoms with Gasteiger partial charge in [-0.05, 0) is 24.1 Å². The molecule has 0 fully saturated rings. The largest absolute Gasteiger partial charge is 0.364 e. The fourth-order valence-corrected chi connectivity index (χ4v) is 1.47. The molecule has 0 saturated carbocycles. The van der Waals surface area contributed by atoms with Crippen LogP contribution in [0.1, 0.15) is 18.9 Å². The normalized spacial score (nSPS) is 10.2. The molecule has 0 amide bonds. The minimum Gasteiger partial charge on any atom is -0.364 e. The van der Waals surface area contributed by atoms with Crippen LogP contribution < -0.4 is 4.90 Å². The fraction of sp³-hybridized carbons (Fsp3) is 0.500. The first-order valence-corrected chi connectivity index (χ1v) is 5.07. The molecule has 0 radical (unpaired) electrons. The second kappa shape index (κ2) is 5.66. The van der Waals surface area contributed by atoms with Crippen molar-refractivity contribution < 1.29 is 4.74 Å². The maximum Gasteiger partial charge on any atom is 0.118 e. The van der Waals surface area contributed by atoms with Gasteiger partial charge in [0.2, 0.25) is 0 Å². The van der Waals surface area contributed by atoms with Gasteiger partial charge >= 0.3 is 0 Å². The summed E-state index contributed by atoms with van der Waals surface area (Å²) in [4.78, 5) is 2.08. The third-order valence-electron chi connectivity index (χ3n) is 2.24. The Morgan fingerprint density at radius 1 is 1.21 bits per heavy atom. The second-order valence-corrected chi connectivity index (χ2v) is 3.53. The van der Waals surface area contributed by atoms with Crippen molar-refractivity contribution in [2.45, 2.75) is 19.8 Å². The summed E-state index contributed by atoms with van der Waals surface area (Å²) in [5.74, 6) is 0. The Morgan fingerprint density at radius 2 is 1.86 bits per heavy atom. The Balaban J connectivity index is 2.62. The maximum absolute atomic E-state index is 5.06. The van der Waals surface area contributed by atoms with E-state index in [-0.39, 0.29) is 0 Å². The Bertz CT molecular complexity index is 256. The summed E-state index contributed by atoms with van der Waals surface area (Å²) in [5.41, 5.74) is 2.61. The van der Waals surface area contributed by atoms with Crippen molar-refractivity contribution in [3.05, 3.63) is 29.8 Å². The monoisotopic (exact) mass is 193 g/mol. The molecule has 1 rings (SSSR count). The molecule has 0 atom stereocenters. The Hall–Kier alpha value is -1.02. The van der Waals surface area contributed by atoms with Gasteiger partial charge in [-0.1, -0.05) is 25.5 Å². The number of anilines is 1. The molecule has 2 nitrogen and oxygen atoms in total. The van der Waals surface area contributed by atoms with E-state index in [0.717, 1.165) is 6.42 Å². The summed E-state index contributed by atoms with van der Waals surface area (Å²) in [6, 6.07) is 8.66. The molecular weight excluding hydrogens is 174 g/mol. The molecule has 0 unspecified atom stereocenters. The van der Waals surface area contributed by atoms with Crippen LogP contribution in [0.2, 0.25) is 0 Å². The van der Waals surface area contributed by atoms with E-state index in [0.29, 0.717) is 6.73 Å². The van der Waals surface area contributed by atoms with Gasteiger partial charge in [0.05, 0.1) is 0 Å². The van der Waals surface area contributed by atoms with Crippen molar-refractivity contribution in [1.29, 1.82) is 0 Å². The van der Waals surface area contributed by atoms with Crippen LogP contribution in [0.4, 0.5) is 5.69 Å². The predicted octanol–water partition coefficient (Wildman–Crippen LogP) is 2.68. The van der Waals surface area contributed by atoms with E-state index in [1.54, 1.807) is 7.11 Å². The lowest BCUT2D eigenvalue weighted by atomic mass is 10.1. The molecule has 0 aliphatic heterocycles. The van der Waals surface area contributed by atoms with E-state index in [2.05, 4.69) is 36.1 Å². The Morgan fingerprint density at radius 3 is 2.36 bits per heavy atom. The van der Waals surface area contributed by atoms with Crippen LogP contribution in [-0.2, 0) is 11.2 Å². The molecule has 0 N–H and O–H groups in total. The van der Waals surface area contributed by atoms with Gasteiger partial charge in [0.25, 0.3) is 0 Å². The molecule has 0 bridgehead atoms. The molecule has 0 aromatic heterocycles. The van der Waals surface area contributed by atoms with Gasteiger partial charge in [0, 0.05) is 19.8 Å². The predicted molar refractivity (Wildman–Crippen MR) is 60.7 cm³/mol. The number of benzene rings is 1. The average molecular weight is 193 g/mol. The van der Waals surface area contributed by atoms with Crippen LogP contribution >= 0.6 is 0 Å². The zero-order chi connectivity index (χ0) is 10.4. The van der Waals surface area contributed by atoms with E-state index in [9.17, 15) is 0 Å².